The van der Waals surface area contributed by atoms with Gasteiger partial charge in [-0.25, -0.2) is 4.57 Å². The molecule has 2 nitrogen and oxygen atoms in total. The maximum atomic E-state index is 13.6. The van der Waals surface area contributed by atoms with Gasteiger partial charge in [-0.05, 0) is 47.0 Å². The van der Waals surface area contributed by atoms with E-state index in [1.54, 1.807) is 12.1 Å². The molecule has 0 bridgehead atoms. The summed E-state index contributed by atoms with van der Waals surface area (Å²) in [6.07, 6.45) is -5.35. The van der Waals surface area contributed by atoms with Gasteiger partial charge in [0.25, 0.3) is 0 Å². The third-order valence-corrected chi connectivity index (χ3v) is 7.53. The van der Waals surface area contributed by atoms with Crippen LogP contribution < -0.4 is 4.57 Å². The van der Waals surface area contributed by atoms with Crippen LogP contribution in [0.1, 0.15) is 27.7 Å². The molecule has 0 aliphatic rings. The van der Waals surface area contributed by atoms with Crippen molar-refractivity contribution >= 4 is 32.7 Å². The summed E-state index contributed by atoms with van der Waals surface area (Å²) < 4.78 is 66.2. The zero-order valence-corrected chi connectivity index (χ0v) is 22.1. The van der Waals surface area contributed by atoms with E-state index < -0.39 is 18.0 Å². The van der Waals surface area contributed by atoms with E-state index in [0.29, 0.717) is 0 Å². The van der Waals surface area contributed by atoms with Crippen LogP contribution >= 0.6 is 0 Å². The highest BCUT2D eigenvalue weighted by Crippen LogP contribution is 2.41. The van der Waals surface area contributed by atoms with Crippen molar-refractivity contribution in [1.82, 2.24) is 0 Å². The van der Waals surface area contributed by atoms with E-state index in [-0.39, 0.29) is 5.56 Å². The van der Waals surface area contributed by atoms with E-state index in [0.717, 1.165) is 74.5 Å². The van der Waals surface area contributed by atoms with Crippen LogP contribution in [0.15, 0.2) is 95.5 Å². The van der Waals surface area contributed by atoms with Crippen LogP contribution in [0.5, 0.6) is 0 Å². The number of benzene rings is 4. The molecule has 0 fully saturated rings. The molecule has 0 saturated heterocycles. The topological polar surface area (TPSA) is 17.0 Å². The normalized spacial score (nSPS) is 13.7. The van der Waals surface area contributed by atoms with Gasteiger partial charge in [0.1, 0.15) is 18.2 Å². The van der Waals surface area contributed by atoms with E-state index in [9.17, 15) is 13.2 Å². The molecule has 0 unspecified atom stereocenters. The first kappa shape index (κ1) is 22.8. The molecule has 0 amide bonds. The largest absolute Gasteiger partial charge is 0.454 e. The average molecular weight is 527 g/mol. The lowest BCUT2D eigenvalue weighted by molar-refractivity contribution is -0.660. The molecule has 0 atom stereocenters. The van der Waals surface area contributed by atoms with Gasteiger partial charge in [0.15, 0.2) is 6.20 Å². The SMILES string of the molecule is [2H]C([2H])(c1ccc(-c2cc[n+](C)c(-c3c(C)ccc4c3oc3c5ccccc5ccc43)c2)cc1)C(C)(C)C(F)(F)F. The molecule has 0 aliphatic carbocycles. The fraction of sp³-hybridized carbons (Fsp3) is 0.206. The second-order valence-electron chi connectivity index (χ2n) is 10.6. The second kappa shape index (κ2) is 8.98. The Morgan fingerprint density at radius 1 is 0.795 bits per heavy atom. The lowest BCUT2D eigenvalue weighted by atomic mass is 9.84. The van der Waals surface area contributed by atoms with Crippen molar-refractivity contribution < 1.29 is 24.9 Å². The number of rotatable bonds is 4. The predicted octanol–water partition coefficient (Wildman–Crippen LogP) is 9.34. The van der Waals surface area contributed by atoms with Crippen molar-refractivity contribution in [3.05, 3.63) is 102 Å². The number of pyridine rings is 1. The van der Waals surface area contributed by atoms with Gasteiger partial charge in [0, 0.05) is 31.0 Å². The Bertz CT molecular complexity index is 1950. The Labute approximate surface area is 228 Å². The molecule has 2 aromatic heterocycles. The van der Waals surface area contributed by atoms with Crippen LogP contribution in [0.25, 0.3) is 55.1 Å². The van der Waals surface area contributed by atoms with Crippen LogP contribution in [-0.4, -0.2) is 6.18 Å². The van der Waals surface area contributed by atoms with Gasteiger partial charge in [0.2, 0.25) is 5.69 Å². The van der Waals surface area contributed by atoms with Crippen molar-refractivity contribution in [2.45, 2.75) is 33.3 Å². The first-order chi connectivity index (χ1) is 19.3. The predicted molar refractivity (Wildman–Crippen MR) is 152 cm³/mol. The number of halogens is 3. The summed E-state index contributed by atoms with van der Waals surface area (Å²) in [6.45, 7) is 3.84. The van der Waals surface area contributed by atoms with Crippen LogP contribution in [0, 0.1) is 12.3 Å². The number of furan rings is 1. The number of nitrogens with zero attached hydrogens (tertiary/aromatic N) is 1. The highest BCUT2D eigenvalue weighted by molar-refractivity contribution is 6.17. The van der Waals surface area contributed by atoms with Gasteiger partial charge in [-0.2, -0.15) is 13.2 Å². The van der Waals surface area contributed by atoms with Gasteiger partial charge in [-0.3, -0.25) is 0 Å². The van der Waals surface area contributed by atoms with Gasteiger partial charge >= 0.3 is 6.18 Å². The highest BCUT2D eigenvalue weighted by atomic mass is 19.4. The lowest BCUT2D eigenvalue weighted by Gasteiger charge is -2.27. The molecule has 0 saturated carbocycles. The molecule has 0 aliphatic heterocycles. The van der Waals surface area contributed by atoms with Gasteiger partial charge in [-0.1, -0.05) is 80.6 Å². The van der Waals surface area contributed by atoms with E-state index in [1.807, 2.05) is 49.0 Å². The van der Waals surface area contributed by atoms with Gasteiger partial charge < -0.3 is 4.42 Å². The number of hydrogen-bond donors (Lipinski definition) is 0. The number of hydrogen-bond acceptors (Lipinski definition) is 1. The Kier molecular flexibility index (Phi) is 5.25. The molecule has 39 heavy (non-hydrogen) atoms. The molecule has 196 valence electrons. The lowest BCUT2D eigenvalue weighted by Crippen LogP contribution is -2.34. The van der Waals surface area contributed by atoms with E-state index >= 15 is 0 Å². The van der Waals surface area contributed by atoms with Crippen LogP contribution in [0.4, 0.5) is 13.2 Å². The molecule has 0 N–H and O–H groups in total. The average Bonchev–Trinajstić information content (AvgIpc) is 3.32. The molecule has 2 heterocycles. The summed E-state index contributed by atoms with van der Waals surface area (Å²) in [5.74, 6) is 0. The van der Waals surface area contributed by atoms with Crippen LogP contribution in [0.2, 0.25) is 0 Å². The minimum atomic E-state index is -4.69. The fourth-order valence-corrected chi connectivity index (χ4v) is 5.16. The van der Waals surface area contributed by atoms with Crippen molar-refractivity contribution in [1.29, 1.82) is 0 Å². The number of aromatic nitrogens is 1. The monoisotopic (exact) mass is 526 g/mol. The molecule has 5 heteroatoms. The molecule has 0 spiro atoms. The van der Waals surface area contributed by atoms with Gasteiger partial charge in [0.05, 0.1) is 11.0 Å². The molecule has 0 radical (unpaired) electrons. The summed E-state index contributed by atoms with van der Waals surface area (Å²) >= 11 is 0. The second-order valence-corrected chi connectivity index (χ2v) is 10.6. The minimum absolute atomic E-state index is 0.0135. The van der Waals surface area contributed by atoms with Crippen molar-refractivity contribution in [3.63, 3.8) is 0 Å². The number of fused-ring (bicyclic) bond motifs is 5. The Morgan fingerprint density at radius 2 is 1.49 bits per heavy atom. The van der Waals surface area contributed by atoms with E-state index in [1.165, 1.54) is 12.1 Å². The molecule has 6 aromatic rings. The van der Waals surface area contributed by atoms with Crippen molar-refractivity contribution in [2.75, 3.05) is 0 Å². The van der Waals surface area contributed by atoms with Crippen LogP contribution in [0.3, 0.4) is 0 Å². The van der Waals surface area contributed by atoms with E-state index in [4.69, 9.17) is 7.16 Å². The van der Waals surface area contributed by atoms with Crippen LogP contribution in [-0.2, 0) is 13.4 Å². The number of alkyl halides is 3. The Morgan fingerprint density at radius 3 is 2.23 bits per heavy atom. The third-order valence-electron chi connectivity index (χ3n) is 7.53. The highest BCUT2D eigenvalue weighted by Gasteiger charge is 2.46. The maximum absolute atomic E-state index is 13.6. The summed E-state index contributed by atoms with van der Waals surface area (Å²) in [5.41, 5.74) is 3.64. The smallest absolute Gasteiger partial charge is 0.394 e. The molecule has 6 rings (SSSR count). The fourth-order valence-electron chi connectivity index (χ4n) is 5.16. The third kappa shape index (κ3) is 4.26. The molecular weight excluding hydrogens is 495 g/mol. The summed E-state index contributed by atoms with van der Waals surface area (Å²) in [7, 11) is 1.96. The maximum Gasteiger partial charge on any atom is 0.394 e. The molecular formula is C34H29F3NO+. The molecule has 4 aromatic carbocycles. The Balaban J connectivity index is 1.47. The zero-order chi connectivity index (χ0) is 29.3. The standard InChI is InChI=1S/C34H29F3NO/c1-21-9-15-28-27-16-14-24-7-5-6-8-26(24)31(27)39-32(28)30(21)29-19-25(17-18-38(29)4)23-12-10-22(11-13-23)20-33(2,3)34(35,36)37/h5-19H,20H2,1-4H3/q+1/i20D2. The first-order valence-electron chi connectivity index (χ1n) is 13.8. The number of aryl methyl sites for hydroxylation is 2. The minimum Gasteiger partial charge on any atom is -0.454 e. The first-order valence-corrected chi connectivity index (χ1v) is 12.8. The summed E-state index contributed by atoms with van der Waals surface area (Å²) in [4.78, 5) is 0. The van der Waals surface area contributed by atoms with Crippen molar-refractivity contribution in [3.8, 4) is 22.4 Å². The van der Waals surface area contributed by atoms with Crippen molar-refractivity contribution in [2.24, 2.45) is 12.5 Å². The zero-order valence-electron chi connectivity index (χ0n) is 24.1. The van der Waals surface area contributed by atoms with E-state index in [2.05, 4.69) is 36.4 Å². The Hall–Kier alpha value is -4.12. The summed E-state index contributed by atoms with van der Waals surface area (Å²) in [5, 5.41) is 4.23. The quantitative estimate of drug-likeness (QED) is 0.209. The summed E-state index contributed by atoms with van der Waals surface area (Å²) in [6, 6.07) is 26.8. The van der Waals surface area contributed by atoms with Gasteiger partial charge in [-0.15, -0.1) is 0 Å².